The van der Waals surface area contributed by atoms with Gasteiger partial charge in [-0.05, 0) is 20.3 Å². The minimum absolute atomic E-state index is 0.666. The maximum absolute atomic E-state index is 7.73. The van der Waals surface area contributed by atoms with Crippen molar-refractivity contribution < 1.29 is 0 Å². The van der Waals surface area contributed by atoms with E-state index in [1.807, 2.05) is 11.8 Å². The highest BCUT2D eigenvalue weighted by molar-refractivity contribution is 5.82. The maximum atomic E-state index is 7.73. The molecule has 0 atom stereocenters. The summed E-state index contributed by atoms with van der Waals surface area (Å²) in [5, 5.41) is 7.73. The molecule has 1 rings (SSSR count). The summed E-state index contributed by atoms with van der Waals surface area (Å²) in [4.78, 5) is 1.98. The Balaban J connectivity index is 2.71. The van der Waals surface area contributed by atoms with Crippen LogP contribution >= 0.6 is 0 Å². The second-order valence-corrected chi connectivity index (χ2v) is 3.34. The zero-order chi connectivity index (χ0) is 9.14. The van der Waals surface area contributed by atoms with Gasteiger partial charge in [0.2, 0.25) is 0 Å². The standard InChI is InChI=1S/C10H16N2/c1-8(2)12-7-6-9(3)4-5-10(12)11/h4,11H,1,5-7H2,2-3H3. The predicted octanol–water partition coefficient (Wildman–Crippen LogP) is 2.54. The van der Waals surface area contributed by atoms with Crippen LogP contribution in [0.2, 0.25) is 0 Å². The van der Waals surface area contributed by atoms with Crippen molar-refractivity contribution in [1.29, 1.82) is 5.41 Å². The zero-order valence-corrected chi connectivity index (χ0v) is 7.85. The van der Waals surface area contributed by atoms with Crippen LogP contribution in [0.15, 0.2) is 23.9 Å². The van der Waals surface area contributed by atoms with Crippen LogP contribution in [0.4, 0.5) is 0 Å². The number of rotatable bonds is 1. The van der Waals surface area contributed by atoms with E-state index in [9.17, 15) is 0 Å². The smallest absolute Gasteiger partial charge is 0.104 e. The van der Waals surface area contributed by atoms with Crippen LogP contribution in [0.1, 0.15) is 26.7 Å². The number of nitrogens with zero attached hydrogens (tertiary/aromatic N) is 1. The molecule has 0 saturated heterocycles. The molecule has 0 unspecified atom stereocenters. The molecular weight excluding hydrogens is 148 g/mol. The lowest BCUT2D eigenvalue weighted by Crippen LogP contribution is -2.27. The van der Waals surface area contributed by atoms with Crippen molar-refractivity contribution in [2.75, 3.05) is 6.54 Å². The molecular formula is C10H16N2. The Morgan fingerprint density at radius 1 is 1.67 bits per heavy atom. The lowest BCUT2D eigenvalue weighted by Gasteiger charge is -2.22. The van der Waals surface area contributed by atoms with E-state index >= 15 is 0 Å². The largest absolute Gasteiger partial charge is 0.334 e. The van der Waals surface area contributed by atoms with Crippen molar-refractivity contribution in [3.05, 3.63) is 23.9 Å². The molecule has 1 heterocycles. The molecule has 0 aromatic carbocycles. The van der Waals surface area contributed by atoms with Crippen molar-refractivity contribution in [2.45, 2.75) is 26.7 Å². The van der Waals surface area contributed by atoms with Gasteiger partial charge in [0.1, 0.15) is 5.84 Å². The van der Waals surface area contributed by atoms with Crippen LogP contribution in [-0.2, 0) is 0 Å². The van der Waals surface area contributed by atoms with Crippen molar-refractivity contribution in [2.24, 2.45) is 0 Å². The van der Waals surface area contributed by atoms with Gasteiger partial charge in [-0.15, -0.1) is 0 Å². The Morgan fingerprint density at radius 2 is 2.33 bits per heavy atom. The van der Waals surface area contributed by atoms with Crippen molar-refractivity contribution in [1.82, 2.24) is 4.90 Å². The Kier molecular flexibility index (Phi) is 2.69. The first-order chi connectivity index (χ1) is 5.61. The summed E-state index contributed by atoms with van der Waals surface area (Å²) in [6, 6.07) is 0. The van der Waals surface area contributed by atoms with Crippen LogP contribution in [0.3, 0.4) is 0 Å². The van der Waals surface area contributed by atoms with Gasteiger partial charge in [-0.1, -0.05) is 18.2 Å². The fourth-order valence-corrected chi connectivity index (χ4v) is 1.33. The molecule has 0 fully saturated rings. The molecule has 1 N–H and O–H groups in total. The first-order valence-corrected chi connectivity index (χ1v) is 4.27. The van der Waals surface area contributed by atoms with Crippen LogP contribution in [0.25, 0.3) is 0 Å². The third-order valence-electron chi connectivity index (χ3n) is 2.16. The van der Waals surface area contributed by atoms with Gasteiger partial charge in [-0.2, -0.15) is 0 Å². The summed E-state index contributed by atoms with van der Waals surface area (Å²) < 4.78 is 0. The second kappa shape index (κ2) is 3.57. The summed E-state index contributed by atoms with van der Waals surface area (Å²) in [7, 11) is 0. The van der Waals surface area contributed by atoms with Crippen molar-refractivity contribution in [3.8, 4) is 0 Å². The zero-order valence-electron chi connectivity index (χ0n) is 7.85. The Bertz CT molecular complexity index is 238. The predicted molar refractivity (Wildman–Crippen MR) is 52.2 cm³/mol. The topological polar surface area (TPSA) is 27.1 Å². The molecule has 0 aliphatic carbocycles. The molecule has 2 nitrogen and oxygen atoms in total. The van der Waals surface area contributed by atoms with E-state index in [-0.39, 0.29) is 0 Å². The highest BCUT2D eigenvalue weighted by Gasteiger charge is 2.12. The average molecular weight is 164 g/mol. The quantitative estimate of drug-likeness (QED) is 0.592. The summed E-state index contributed by atoms with van der Waals surface area (Å²) in [5.74, 6) is 0.666. The molecule has 12 heavy (non-hydrogen) atoms. The molecule has 0 amide bonds. The normalized spacial score (nSPS) is 18.7. The number of nitrogens with one attached hydrogen (secondary N) is 1. The van der Waals surface area contributed by atoms with E-state index in [0.717, 1.165) is 25.1 Å². The SMILES string of the molecule is C=C(C)N1CCC(C)=CCC1=N. The molecule has 0 aromatic heterocycles. The van der Waals surface area contributed by atoms with Crippen LogP contribution in [0.5, 0.6) is 0 Å². The molecule has 0 radical (unpaired) electrons. The fraction of sp³-hybridized carbons (Fsp3) is 0.500. The third-order valence-corrected chi connectivity index (χ3v) is 2.16. The minimum atomic E-state index is 0.666. The molecule has 0 saturated carbocycles. The lowest BCUT2D eigenvalue weighted by atomic mass is 10.2. The van der Waals surface area contributed by atoms with E-state index in [0.29, 0.717) is 5.84 Å². The Morgan fingerprint density at radius 3 is 2.92 bits per heavy atom. The highest BCUT2D eigenvalue weighted by atomic mass is 15.2. The van der Waals surface area contributed by atoms with E-state index in [2.05, 4.69) is 19.6 Å². The lowest BCUT2D eigenvalue weighted by molar-refractivity contribution is 0.513. The third kappa shape index (κ3) is 1.97. The van der Waals surface area contributed by atoms with Crippen molar-refractivity contribution >= 4 is 5.84 Å². The summed E-state index contributed by atoms with van der Waals surface area (Å²) in [6.45, 7) is 8.84. The first-order valence-electron chi connectivity index (χ1n) is 4.27. The van der Waals surface area contributed by atoms with Crippen LogP contribution in [-0.4, -0.2) is 17.3 Å². The number of hydrogen-bond donors (Lipinski definition) is 1. The van der Waals surface area contributed by atoms with Gasteiger partial charge in [0.25, 0.3) is 0 Å². The van der Waals surface area contributed by atoms with E-state index in [1.54, 1.807) is 0 Å². The second-order valence-electron chi connectivity index (χ2n) is 3.34. The molecule has 0 spiro atoms. The average Bonchev–Trinajstić information content (AvgIpc) is 2.14. The summed E-state index contributed by atoms with van der Waals surface area (Å²) >= 11 is 0. The fourth-order valence-electron chi connectivity index (χ4n) is 1.33. The number of hydrogen-bond acceptors (Lipinski definition) is 1. The van der Waals surface area contributed by atoms with Gasteiger partial charge >= 0.3 is 0 Å². The van der Waals surface area contributed by atoms with Gasteiger partial charge in [-0.25, -0.2) is 0 Å². The molecule has 0 aromatic rings. The highest BCUT2D eigenvalue weighted by Crippen LogP contribution is 2.14. The molecule has 1 aliphatic heterocycles. The van der Waals surface area contributed by atoms with Crippen molar-refractivity contribution in [3.63, 3.8) is 0 Å². The first kappa shape index (κ1) is 9.04. The van der Waals surface area contributed by atoms with Crippen LogP contribution < -0.4 is 0 Å². The molecule has 0 bridgehead atoms. The molecule has 1 aliphatic rings. The monoisotopic (exact) mass is 164 g/mol. The van der Waals surface area contributed by atoms with Gasteiger partial charge in [-0.3, -0.25) is 5.41 Å². The summed E-state index contributed by atoms with van der Waals surface area (Å²) in [6.07, 6.45) is 3.93. The van der Waals surface area contributed by atoms with Gasteiger partial charge in [0.05, 0.1) is 0 Å². The molecule has 2 heteroatoms. The maximum Gasteiger partial charge on any atom is 0.104 e. The number of allylic oxidation sites excluding steroid dienone is 1. The van der Waals surface area contributed by atoms with E-state index in [4.69, 9.17) is 5.41 Å². The van der Waals surface area contributed by atoms with Gasteiger partial charge in [0.15, 0.2) is 0 Å². The minimum Gasteiger partial charge on any atom is -0.334 e. The summed E-state index contributed by atoms with van der Waals surface area (Å²) in [5.41, 5.74) is 2.35. The van der Waals surface area contributed by atoms with Gasteiger partial charge in [0, 0.05) is 18.7 Å². The van der Waals surface area contributed by atoms with Gasteiger partial charge < -0.3 is 4.90 Å². The molecule has 66 valence electrons. The number of amidine groups is 1. The Labute approximate surface area is 74.1 Å². The Hall–Kier alpha value is -1.05. The van der Waals surface area contributed by atoms with E-state index < -0.39 is 0 Å². The van der Waals surface area contributed by atoms with E-state index in [1.165, 1.54) is 5.57 Å². The van der Waals surface area contributed by atoms with Crippen LogP contribution in [0, 0.1) is 5.41 Å².